The zero-order chi connectivity index (χ0) is 16.2. The van der Waals surface area contributed by atoms with Crippen molar-refractivity contribution in [1.29, 1.82) is 0 Å². The van der Waals surface area contributed by atoms with E-state index in [1.165, 1.54) is 0 Å². The highest BCUT2D eigenvalue weighted by Crippen LogP contribution is 2.24. The first-order valence-corrected chi connectivity index (χ1v) is 7.16. The molecule has 0 aromatic carbocycles. The molecule has 8 nitrogen and oxygen atoms in total. The molecule has 0 aliphatic heterocycles. The van der Waals surface area contributed by atoms with Crippen LogP contribution in [0.2, 0.25) is 0 Å². The fourth-order valence-corrected chi connectivity index (χ4v) is 1.59. The molecular weight excluding hydrogens is 287 g/mol. The highest BCUT2D eigenvalue weighted by atomic mass is 31.0. The molecule has 0 fully saturated rings. The summed E-state index contributed by atoms with van der Waals surface area (Å²) in [6.07, 6.45) is 1.97. The van der Waals surface area contributed by atoms with Crippen LogP contribution in [-0.2, 0) is 9.68 Å². The van der Waals surface area contributed by atoms with Crippen molar-refractivity contribution in [2.24, 2.45) is 0 Å². The van der Waals surface area contributed by atoms with E-state index >= 15 is 0 Å². The summed E-state index contributed by atoms with van der Waals surface area (Å²) < 4.78 is 0. The Morgan fingerprint density at radius 1 is 1.15 bits per heavy atom. The van der Waals surface area contributed by atoms with Gasteiger partial charge in [0.05, 0.1) is 0 Å². The van der Waals surface area contributed by atoms with Gasteiger partial charge in [0, 0.05) is 0 Å². The molecule has 0 heterocycles. The first-order chi connectivity index (χ1) is 9.20. The van der Waals surface area contributed by atoms with E-state index < -0.39 is 22.9 Å². The van der Waals surface area contributed by atoms with Gasteiger partial charge in [-0.3, -0.25) is 0 Å². The molecule has 0 saturated carbocycles. The van der Waals surface area contributed by atoms with Crippen LogP contribution in [0.4, 0.5) is 0 Å². The summed E-state index contributed by atoms with van der Waals surface area (Å²) in [7, 11) is 2.72. The smallest absolute Gasteiger partial charge is 0.294 e. The summed E-state index contributed by atoms with van der Waals surface area (Å²) in [6.45, 7) is 7.72. The van der Waals surface area contributed by atoms with E-state index in [-0.39, 0.29) is 5.16 Å². The average molecular weight is 312 g/mol. The van der Waals surface area contributed by atoms with E-state index in [4.69, 9.17) is 0 Å². The molecule has 0 N–H and O–H groups in total. The Hall–Kier alpha value is -1.17. The molecule has 0 rings (SSSR count). The number of hydrogen-bond acceptors (Lipinski definition) is 6. The standard InChI is InChI=1S/C9H19N2O6P.C2H6/c1-9(2,18)6-4-3-5-8(17-11(14)15)7-16-10(12)13;1-2/h8H,3-7,18H2,1-2H3;1-2H3. The van der Waals surface area contributed by atoms with Crippen LogP contribution in [0.1, 0.15) is 53.4 Å². The minimum absolute atomic E-state index is 0.122. The van der Waals surface area contributed by atoms with Crippen molar-refractivity contribution in [3.63, 3.8) is 0 Å². The second kappa shape index (κ2) is 11.6. The molecule has 0 spiro atoms. The normalized spacial score (nSPS) is 11.8. The van der Waals surface area contributed by atoms with Crippen molar-refractivity contribution in [3.8, 4) is 0 Å². The van der Waals surface area contributed by atoms with Crippen LogP contribution in [0.25, 0.3) is 0 Å². The van der Waals surface area contributed by atoms with Crippen molar-refractivity contribution in [1.82, 2.24) is 0 Å². The minimum atomic E-state index is -0.984. The van der Waals surface area contributed by atoms with E-state index in [1.807, 2.05) is 13.8 Å². The van der Waals surface area contributed by atoms with Crippen molar-refractivity contribution < 1.29 is 19.8 Å². The van der Waals surface area contributed by atoms with E-state index in [0.717, 1.165) is 12.8 Å². The summed E-state index contributed by atoms with van der Waals surface area (Å²) in [6, 6.07) is 0. The van der Waals surface area contributed by atoms with E-state index in [1.54, 1.807) is 0 Å². The summed E-state index contributed by atoms with van der Waals surface area (Å²) >= 11 is 0. The second-order valence-electron chi connectivity index (χ2n) is 4.70. The Morgan fingerprint density at radius 3 is 2.10 bits per heavy atom. The van der Waals surface area contributed by atoms with Crippen LogP contribution in [-0.4, -0.2) is 28.0 Å². The summed E-state index contributed by atoms with van der Waals surface area (Å²) in [5.41, 5.74) is 0. The quantitative estimate of drug-likeness (QED) is 0.266. The average Bonchev–Trinajstić information content (AvgIpc) is 2.32. The fraction of sp³-hybridized carbons (Fsp3) is 1.00. The molecule has 0 aliphatic carbocycles. The van der Waals surface area contributed by atoms with E-state index in [2.05, 4.69) is 32.8 Å². The van der Waals surface area contributed by atoms with Gasteiger partial charge in [0.1, 0.15) is 12.7 Å². The lowest BCUT2D eigenvalue weighted by Gasteiger charge is -2.18. The van der Waals surface area contributed by atoms with E-state index in [0.29, 0.717) is 12.8 Å². The lowest BCUT2D eigenvalue weighted by molar-refractivity contribution is -0.790. The van der Waals surface area contributed by atoms with Gasteiger partial charge in [-0.15, -0.1) is 29.5 Å². The van der Waals surface area contributed by atoms with Gasteiger partial charge in [-0.2, -0.15) is 0 Å². The molecule has 2 unspecified atom stereocenters. The lowest BCUT2D eigenvalue weighted by Crippen LogP contribution is -2.24. The van der Waals surface area contributed by atoms with Gasteiger partial charge in [0.25, 0.3) is 10.2 Å². The molecule has 0 bridgehead atoms. The largest absolute Gasteiger partial charge is 0.312 e. The van der Waals surface area contributed by atoms with Crippen LogP contribution in [0.5, 0.6) is 0 Å². The third-order valence-corrected chi connectivity index (χ3v) is 2.49. The molecule has 120 valence electrons. The molecule has 20 heavy (non-hydrogen) atoms. The van der Waals surface area contributed by atoms with E-state index in [9.17, 15) is 20.2 Å². The van der Waals surface area contributed by atoms with Crippen LogP contribution in [0.3, 0.4) is 0 Å². The Balaban J connectivity index is 0. The van der Waals surface area contributed by atoms with Crippen molar-refractivity contribution in [2.75, 3.05) is 6.61 Å². The Bertz CT molecular complexity index is 283. The maximum atomic E-state index is 10.2. The molecule has 0 aromatic rings. The Kier molecular flexibility index (Phi) is 12.3. The Morgan fingerprint density at radius 2 is 1.70 bits per heavy atom. The molecule has 0 aromatic heterocycles. The Labute approximate surface area is 121 Å². The first kappa shape index (κ1) is 21.1. The van der Waals surface area contributed by atoms with Gasteiger partial charge < -0.3 is 9.68 Å². The van der Waals surface area contributed by atoms with Gasteiger partial charge in [-0.25, -0.2) is 0 Å². The summed E-state index contributed by atoms with van der Waals surface area (Å²) in [5, 5.41) is 18.4. The molecule has 9 heteroatoms. The highest BCUT2D eigenvalue weighted by Gasteiger charge is 2.16. The predicted molar refractivity (Wildman–Crippen MR) is 78.4 cm³/mol. The van der Waals surface area contributed by atoms with Crippen molar-refractivity contribution in [3.05, 3.63) is 20.2 Å². The zero-order valence-corrected chi connectivity index (χ0v) is 13.7. The van der Waals surface area contributed by atoms with Gasteiger partial charge in [-0.1, -0.05) is 40.5 Å². The molecule has 0 amide bonds. The first-order valence-electron chi connectivity index (χ1n) is 6.58. The SMILES string of the molecule is CC.CC(C)(P)CCCCC(CO[N+](=O)[O-])O[N+](=O)[O-]. The fourth-order valence-electron chi connectivity index (χ4n) is 1.38. The molecule has 0 saturated heterocycles. The van der Waals surface area contributed by atoms with Crippen LogP contribution in [0, 0.1) is 20.2 Å². The molecular formula is C11H25N2O6P. The van der Waals surface area contributed by atoms with Gasteiger partial charge >= 0.3 is 0 Å². The monoisotopic (exact) mass is 312 g/mol. The van der Waals surface area contributed by atoms with Crippen LogP contribution < -0.4 is 0 Å². The lowest BCUT2D eigenvalue weighted by atomic mass is 10.0. The zero-order valence-electron chi connectivity index (χ0n) is 12.5. The summed E-state index contributed by atoms with van der Waals surface area (Å²) in [4.78, 5) is 28.6. The third-order valence-electron chi connectivity index (χ3n) is 2.20. The minimum Gasteiger partial charge on any atom is -0.312 e. The number of rotatable bonds is 10. The second-order valence-corrected chi connectivity index (χ2v) is 6.27. The molecule has 2 atom stereocenters. The van der Waals surface area contributed by atoms with Crippen molar-refractivity contribution in [2.45, 2.75) is 64.6 Å². The van der Waals surface area contributed by atoms with Gasteiger partial charge in [-0.05, 0) is 18.0 Å². The predicted octanol–water partition coefficient (Wildman–Crippen LogP) is 3.01. The number of nitrogens with zero attached hydrogens (tertiary/aromatic N) is 2. The van der Waals surface area contributed by atoms with Crippen LogP contribution in [0.15, 0.2) is 0 Å². The van der Waals surface area contributed by atoms with Crippen LogP contribution >= 0.6 is 9.24 Å². The summed E-state index contributed by atoms with van der Waals surface area (Å²) in [5.74, 6) is 0. The molecule has 0 aliphatic rings. The number of unbranched alkanes of at least 4 members (excludes halogenated alkanes) is 1. The third kappa shape index (κ3) is 16.8. The maximum Gasteiger partial charge on any atom is 0.294 e. The highest BCUT2D eigenvalue weighted by molar-refractivity contribution is 7.18. The molecule has 0 radical (unpaired) electrons. The topological polar surface area (TPSA) is 105 Å². The maximum absolute atomic E-state index is 10.2. The number of hydrogen-bond donors (Lipinski definition) is 0. The van der Waals surface area contributed by atoms with Gasteiger partial charge in [0.2, 0.25) is 0 Å². The van der Waals surface area contributed by atoms with Gasteiger partial charge in [0.15, 0.2) is 0 Å². The van der Waals surface area contributed by atoms with Crippen molar-refractivity contribution >= 4 is 9.24 Å².